The fourth-order valence-corrected chi connectivity index (χ4v) is 2.53. The molecule has 0 bridgehead atoms. The lowest BCUT2D eigenvalue weighted by Crippen LogP contribution is -2.31. The molecule has 1 rings (SSSR count). The molecule has 0 fully saturated rings. The van der Waals surface area contributed by atoms with Gasteiger partial charge in [0.05, 0.1) is 6.10 Å². The standard InChI is InChI=1S/C16H28N2O/c1-6-13(11-17)16(18(4)5)14-7-9-15(10-8-14)19-12(2)3/h7-10,12-13,16H,6,11,17H2,1-5H3. The summed E-state index contributed by atoms with van der Waals surface area (Å²) in [7, 11) is 4.23. The van der Waals surface area contributed by atoms with Crippen molar-refractivity contribution < 1.29 is 4.74 Å². The number of hydrogen-bond donors (Lipinski definition) is 1. The Bertz CT molecular complexity index is 356. The van der Waals surface area contributed by atoms with Crippen LogP contribution in [0, 0.1) is 5.92 Å². The molecule has 0 saturated carbocycles. The van der Waals surface area contributed by atoms with Crippen LogP contribution in [0.25, 0.3) is 0 Å². The zero-order valence-corrected chi connectivity index (χ0v) is 12.9. The first kappa shape index (κ1) is 16.0. The van der Waals surface area contributed by atoms with Gasteiger partial charge in [0.25, 0.3) is 0 Å². The highest BCUT2D eigenvalue weighted by molar-refractivity contribution is 5.29. The summed E-state index contributed by atoms with van der Waals surface area (Å²) in [4.78, 5) is 2.25. The van der Waals surface area contributed by atoms with Gasteiger partial charge in [-0.05, 0) is 58.1 Å². The number of benzene rings is 1. The Labute approximate surface area is 117 Å². The molecule has 3 heteroatoms. The van der Waals surface area contributed by atoms with Crippen LogP contribution >= 0.6 is 0 Å². The molecule has 108 valence electrons. The molecule has 0 amide bonds. The minimum atomic E-state index is 0.211. The summed E-state index contributed by atoms with van der Waals surface area (Å²) < 4.78 is 5.68. The third-order valence-corrected chi connectivity index (χ3v) is 3.42. The molecule has 0 spiro atoms. The minimum absolute atomic E-state index is 0.211. The Balaban J connectivity index is 2.91. The molecule has 0 aromatic heterocycles. The molecular weight excluding hydrogens is 236 g/mol. The van der Waals surface area contributed by atoms with Crippen molar-refractivity contribution in [3.63, 3.8) is 0 Å². The van der Waals surface area contributed by atoms with Gasteiger partial charge in [-0.3, -0.25) is 0 Å². The van der Waals surface area contributed by atoms with Crippen molar-refractivity contribution >= 4 is 0 Å². The second-order valence-corrected chi connectivity index (χ2v) is 5.55. The molecule has 2 atom stereocenters. The summed E-state index contributed by atoms with van der Waals surface area (Å²) in [5.74, 6) is 1.41. The van der Waals surface area contributed by atoms with Crippen molar-refractivity contribution in [3.05, 3.63) is 29.8 Å². The van der Waals surface area contributed by atoms with Crippen LogP contribution in [0.4, 0.5) is 0 Å². The quantitative estimate of drug-likeness (QED) is 0.822. The van der Waals surface area contributed by atoms with Crippen molar-refractivity contribution in [1.29, 1.82) is 0 Å². The van der Waals surface area contributed by atoms with E-state index in [2.05, 4.69) is 50.2 Å². The van der Waals surface area contributed by atoms with E-state index in [4.69, 9.17) is 10.5 Å². The third-order valence-electron chi connectivity index (χ3n) is 3.42. The molecular formula is C16H28N2O. The average molecular weight is 264 g/mol. The van der Waals surface area contributed by atoms with E-state index in [1.54, 1.807) is 0 Å². The van der Waals surface area contributed by atoms with Gasteiger partial charge in [-0.1, -0.05) is 25.5 Å². The Morgan fingerprint density at radius 1 is 1.16 bits per heavy atom. The minimum Gasteiger partial charge on any atom is -0.491 e. The summed E-state index contributed by atoms with van der Waals surface area (Å²) in [5, 5.41) is 0. The van der Waals surface area contributed by atoms with Gasteiger partial charge >= 0.3 is 0 Å². The highest BCUT2D eigenvalue weighted by Gasteiger charge is 2.22. The van der Waals surface area contributed by atoms with Crippen LogP contribution in [0.3, 0.4) is 0 Å². The van der Waals surface area contributed by atoms with Crippen LogP contribution in [0.1, 0.15) is 38.8 Å². The molecule has 1 aromatic carbocycles. The van der Waals surface area contributed by atoms with Crippen LogP contribution < -0.4 is 10.5 Å². The highest BCUT2D eigenvalue weighted by Crippen LogP contribution is 2.29. The first-order chi connectivity index (χ1) is 8.99. The first-order valence-corrected chi connectivity index (χ1v) is 7.12. The monoisotopic (exact) mass is 264 g/mol. The molecule has 0 aliphatic rings. The lowest BCUT2D eigenvalue weighted by atomic mass is 9.90. The van der Waals surface area contributed by atoms with Gasteiger partial charge in [-0.2, -0.15) is 0 Å². The van der Waals surface area contributed by atoms with E-state index in [1.807, 2.05) is 13.8 Å². The third kappa shape index (κ3) is 4.51. The van der Waals surface area contributed by atoms with E-state index in [1.165, 1.54) is 5.56 Å². The second-order valence-electron chi connectivity index (χ2n) is 5.55. The van der Waals surface area contributed by atoms with E-state index in [0.29, 0.717) is 18.5 Å². The van der Waals surface area contributed by atoms with E-state index in [-0.39, 0.29) is 6.10 Å². The fraction of sp³-hybridized carbons (Fsp3) is 0.625. The van der Waals surface area contributed by atoms with E-state index in [9.17, 15) is 0 Å². The lowest BCUT2D eigenvalue weighted by molar-refractivity contribution is 0.210. The van der Waals surface area contributed by atoms with Crippen molar-refractivity contribution in [2.75, 3.05) is 20.6 Å². The van der Waals surface area contributed by atoms with Crippen molar-refractivity contribution in [2.24, 2.45) is 11.7 Å². The summed E-state index contributed by atoms with van der Waals surface area (Å²) in [6.45, 7) is 6.99. The summed E-state index contributed by atoms with van der Waals surface area (Å²) >= 11 is 0. The van der Waals surface area contributed by atoms with Gasteiger partial charge in [0.15, 0.2) is 0 Å². The predicted octanol–water partition coefficient (Wildman–Crippen LogP) is 3.06. The van der Waals surface area contributed by atoms with Gasteiger partial charge in [0.1, 0.15) is 5.75 Å². The highest BCUT2D eigenvalue weighted by atomic mass is 16.5. The number of nitrogens with two attached hydrogens (primary N) is 1. The lowest BCUT2D eigenvalue weighted by Gasteiger charge is -2.31. The Hall–Kier alpha value is -1.06. The van der Waals surface area contributed by atoms with Crippen LogP contribution in [-0.4, -0.2) is 31.6 Å². The van der Waals surface area contributed by atoms with Gasteiger partial charge in [0.2, 0.25) is 0 Å². The average Bonchev–Trinajstić information content (AvgIpc) is 2.36. The molecule has 0 saturated heterocycles. The number of rotatable bonds is 7. The van der Waals surface area contributed by atoms with Crippen LogP contribution in [0.2, 0.25) is 0 Å². The summed E-state index contributed by atoms with van der Waals surface area (Å²) in [6, 6.07) is 8.77. The summed E-state index contributed by atoms with van der Waals surface area (Å²) in [6.07, 6.45) is 1.30. The zero-order valence-electron chi connectivity index (χ0n) is 12.9. The Morgan fingerprint density at radius 3 is 2.11 bits per heavy atom. The molecule has 2 unspecified atom stereocenters. The smallest absolute Gasteiger partial charge is 0.119 e. The van der Waals surface area contributed by atoms with E-state index >= 15 is 0 Å². The molecule has 1 aromatic rings. The maximum atomic E-state index is 5.90. The molecule has 19 heavy (non-hydrogen) atoms. The number of nitrogens with zero attached hydrogens (tertiary/aromatic N) is 1. The largest absolute Gasteiger partial charge is 0.491 e. The van der Waals surface area contributed by atoms with E-state index in [0.717, 1.165) is 12.2 Å². The maximum Gasteiger partial charge on any atom is 0.119 e. The van der Waals surface area contributed by atoms with Gasteiger partial charge < -0.3 is 15.4 Å². The van der Waals surface area contributed by atoms with Crippen molar-refractivity contribution in [2.45, 2.75) is 39.3 Å². The van der Waals surface area contributed by atoms with Crippen LogP contribution in [-0.2, 0) is 0 Å². The van der Waals surface area contributed by atoms with Gasteiger partial charge in [-0.15, -0.1) is 0 Å². The topological polar surface area (TPSA) is 38.5 Å². The molecule has 0 radical (unpaired) electrons. The van der Waals surface area contributed by atoms with Crippen LogP contribution in [0.15, 0.2) is 24.3 Å². The SMILES string of the molecule is CCC(CN)C(c1ccc(OC(C)C)cc1)N(C)C. The zero-order chi connectivity index (χ0) is 14.4. The van der Waals surface area contributed by atoms with E-state index < -0.39 is 0 Å². The molecule has 2 N–H and O–H groups in total. The van der Waals surface area contributed by atoms with Crippen LogP contribution in [0.5, 0.6) is 5.75 Å². The first-order valence-electron chi connectivity index (χ1n) is 7.12. The maximum absolute atomic E-state index is 5.90. The Kier molecular flexibility index (Phi) is 6.32. The predicted molar refractivity (Wildman–Crippen MR) is 81.5 cm³/mol. The molecule has 0 heterocycles. The fourth-order valence-electron chi connectivity index (χ4n) is 2.53. The number of ether oxygens (including phenoxy) is 1. The van der Waals surface area contributed by atoms with Crippen molar-refractivity contribution in [3.8, 4) is 5.75 Å². The Morgan fingerprint density at radius 2 is 1.74 bits per heavy atom. The summed E-state index contributed by atoms with van der Waals surface area (Å²) in [5.41, 5.74) is 7.21. The van der Waals surface area contributed by atoms with Gasteiger partial charge in [0, 0.05) is 6.04 Å². The normalized spacial score (nSPS) is 14.7. The van der Waals surface area contributed by atoms with Crippen molar-refractivity contribution in [1.82, 2.24) is 4.90 Å². The second kappa shape index (κ2) is 7.51. The molecule has 0 aliphatic heterocycles. The molecule has 3 nitrogen and oxygen atoms in total. The van der Waals surface area contributed by atoms with Gasteiger partial charge in [-0.25, -0.2) is 0 Å². The number of hydrogen-bond acceptors (Lipinski definition) is 3. The molecule has 0 aliphatic carbocycles.